The minimum atomic E-state index is -1.13. The number of unbranched alkanes of at least 4 members (excludes halogenated alkanes) is 8. The Bertz CT molecular complexity index is 1860. The lowest BCUT2D eigenvalue weighted by atomic mass is 9.95. The van der Waals surface area contributed by atoms with E-state index in [9.17, 15) is 24.3 Å². The van der Waals surface area contributed by atoms with Crippen molar-refractivity contribution in [3.8, 4) is 11.5 Å². The van der Waals surface area contributed by atoms with Crippen LogP contribution in [0.5, 0.6) is 11.5 Å². The third-order valence-corrected chi connectivity index (χ3v) is 11.1. The molecule has 0 aliphatic heterocycles. The number of nitrogens with one attached hydrogen (secondary N) is 5. The number of carbonyl (C=O) groups is 4. The van der Waals surface area contributed by atoms with E-state index in [2.05, 4.69) is 38.2 Å². The van der Waals surface area contributed by atoms with E-state index in [1.165, 1.54) is 63.4 Å². The van der Waals surface area contributed by atoms with Gasteiger partial charge in [-0.1, -0.05) is 120 Å². The van der Waals surface area contributed by atoms with E-state index >= 15 is 0 Å². The van der Waals surface area contributed by atoms with Crippen molar-refractivity contribution in [3.63, 3.8) is 0 Å². The Morgan fingerprint density at radius 2 is 1.27 bits per heavy atom. The Hall–Kier alpha value is -5.65. The van der Waals surface area contributed by atoms with Gasteiger partial charge in [-0.3, -0.25) is 19.2 Å². The molecule has 4 aromatic rings. The van der Waals surface area contributed by atoms with Gasteiger partial charge in [0, 0.05) is 42.8 Å². The highest BCUT2D eigenvalue weighted by molar-refractivity contribution is 5.99. The van der Waals surface area contributed by atoms with Crippen LogP contribution in [-0.4, -0.2) is 69.5 Å². The number of ether oxygens (including phenoxy) is 1. The van der Waals surface area contributed by atoms with Crippen LogP contribution in [0.3, 0.4) is 0 Å². The Kier molecular flexibility index (Phi) is 19.0. The van der Waals surface area contributed by atoms with Gasteiger partial charge in [-0.05, 0) is 66.8 Å². The summed E-state index contributed by atoms with van der Waals surface area (Å²) in [6.45, 7) is 2.84. The predicted molar refractivity (Wildman–Crippen MR) is 234 cm³/mol. The number of phenols is 1. The van der Waals surface area contributed by atoms with Crippen molar-refractivity contribution in [1.82, 2.24) is 31.2 Å². The summed E-state index contributed by atoms with van der Waals surface area (Å²) in [6.07, 6.45) is 19.5. The fourth-order valence-corrected chi connectivity index (χ4v) is 7.60. The summed E-state index contributed by atoms with van der Waals surface area (Å²) in [5, 5.41) is 21.8. The molecule has 1 aromatic heterocycles. The first-order valence-corrected chi connectivity index (χ1v) is 22.0. The van der Waals surface area contributed by atoms with Crippen molar-refractivity contribution in [2.75, 3.05) is 6.61 Å². The van der Waals surface area contributed by atoms with Crippen molar-refractivity contribution in [3.05, 3.63) is 114 Å². The maximum Gasteiger partial charge on any atom is 0.251 e. The maximum atomic E-state index is 14.3. The summed E-state index contributed by atoms with van der Waals surface area (Å²) in [7, 11) is 0. The molecule has 3 atom stereocenters. The monoisotopic (exact) mass is 820 g/mol. The zero-order valence-corrected chi connectivity index (χ0v) is 35.1. The van der Waals surface area contributed by atoms with Crippen molar-refractivity contribution in [2.45, 2.75) is 140 Å². The minimum absolute atomic E-state index is 0.0361. The van der Waals surface area contributed by atoms with Gasteiger partial charge in [0.15, 0.2) is 0 Å². The van der Waals surface area contributed by atoms with Crippen molar-refractivity contribution in [2.24, 2.45) is 0 Å². The second-order valence-electron chi connectivity index (χ2n) is 16.0. The second-order valence-corrected chi connectivity index (χ2v) is 16.0. The van der Waals surface area contributed by atoms with E-state index in [0.717, 1.165) is 50.5 Å². The van der Waals surface area contributed by atoms with Crippen LogP contribution in [0.4, 0.5) is 0 Å². The number of hydrogen-bond donors (Lipinski definition) is 6. The van der Waals surface area contributed by atoms with Crippen LogP contribution in [0.2, 0.25) is 0 Å². The van der Waals surface area contributed by atoms with Gasteiger partial charge >= 0.3 is 0 Å². The van der Waals surface area contributed by atoms with E-state index in [1.54, 1.807) is 42.6 Å². The van der Waals surface area contributed by atoms with E-state index in [-0.39, 0.29) is 37.0 Å². The molecular weight excluding hydrogens is 757 g/mol. The number of H-pyrrole nitrogens is 1. The number of aromatic amines is 1. The lowest BCUT2D eigenvalue weighted by Crippen LogP contribution is -2.58. The number of rotatable bonds is 25. The number of carbonyl (C=O) groups excluding carboxylic acids is 4. The van der Waals surface area contributed by atoms with Gasteiger partial charge < -0.3 is 36.1 Å². The zero-order chi connectivity index (χ0) is 42.4. The molecule has 1 saturated carbocycles. The van der Waals surface area contributed by atoms with Gasteiger partial charge in [-0.15, -0.1) is 0 Å². The molecule has 12 heteroatoms. The molecule has 1 fully saturated rings. The van der Waals surface area contributed by atoms with Crippen molar-refractivity contribution >= 4 is 23.6 Å². The molecule has 4 amide bonds. The van der Waals surface area contributed by atoms with Crippen LogP contribution in [0.15, 0.2) is 91.4 Å². The molecule has 1 aliphatic carbocycles. The second kappa shape index (κ2) is 25.1. The Balaban J connectivity index is 1.25. The average molecular weight is 821 g/mol. The molecule has 6 N–H and O–H groups in total. The summed E-state index contributed by atoms with van der Waals surface area (Å²) in [4.78, 5) is 63.0. The fourth-order valence-electron chi connectivity index (χ4n) is 7.60. The minimum Gasteiger partial charge on any atom is -0.508 e. The van der Waals surface area contributed by atoms with Crippen molar-refractivity contribution < 1.29 is 29.0 Å². The van der Waals surface area contributed by atoms with Crippen LogP contribution in [0, 0.1) is 0 Å². The number of benzene rings is 3. The maximum absolute atomic E-state index is 14.3. The fraction of sp³-hybridized carbons (Fsp3) is 0.479. The highest BCUT2D eigenvalue weighted by Gasteiger charge is 2.31. The molecule has 0 unspecified atom stereocenters. The summed E-state index contributed by atoms with van der Waals surface area (Å²) in [6, 6.07) is 19.6. The third-order valence-electron chi connectivity index (χ3n) is 11.1. The molecule has 3 aromatic carbocycles. The van der Waals surface area contributed by atoms with Gasteiger partial charge in [-0.2, -0.15) is 0 Å². The molecule has 60 heavy (non-hydrogen) atoms. The molecule has 12 nitrogen and oxygen atoms in total. The Morgan fingerprint density at radius 3 is 1.88 bits per heavy atom. The Labute approximate surface area is 355 Å². The highest BCUT2D eigenvalue weighted by atomic mass is 16.5. The smallest absolute Gasteiger partial charge is 0.251 e. The van der Waals surface area contributed by atoms with Gasteiger partial charge in [0.2, 0.25) is 17.7 Å². The molecule has 0 radical (unpaired) electrons. The third kappa shape index (κ3) is 15.8. The molecular formula is C48H64N6O6. The molecule has 0 saturated heterocycles. The highest BCUT2D eigenvalue weighted by Crippen LogP contribution is 2.19. The van der Waals surface area contributed by atoms with E-state index < -0.39 is 35.8 Å². The number of imidazole rings is 1. The topological polar surface area (TPSA) is 175 Å². The molecule has 5 rings (SSSR count). The van der Waals surface area contributed by atoms with Gasteiger partial charge in [0.25, 0.3) is 5.91 Å². The van der Waals surface area contributed by atoms with E-state index in [0.29, 0.717) is 29.2 Å². The number of aromatic hydroxyl groups is 1. The van der Waals surface area contributed by atoms with Crippen LogP contribution >= 0.6 is 0 Å². The zero-order valence-electron chi connectivity index (χ0n) is 35.1. The average Bonchev–Trinajstić information content (AvgIpc) is 3.78. The van der Waals surface area contributed by atoms with Gasteiger partial charge in [-0.25, -0.2) is 4.98 Å². The normalized spacial score (nSPS) is 14.3. The molecule has 1 aliphatic rings. The predicted octanol–water partition coefficient (Wildman–Crippen LogP) is 7.27. The molecule has 1 heterocycles. The number of phenolic OH excluding ortho intramolecular Hbond substituents is 1. The largest absolute Gasteiger partial charge is 0.508 e. The van der Waals surface area contributed by atoms with Crippen LogP contribution < -0.4 is 26.0 Å². The number of amides is 4. The first-order valence-electron chi connectivity index (χ1n) is 22.0. The summed E-state index contributed by atoms with van der Waals surface area (Å²) in [5.74, 6) is -1.17. The molecule has 322 valence electrons. The molecule has 0 bridgehead atoms. The van der Waals surface area contributed by atoms with Crippen LogP contribution in [0.1, 0.15) is 124 Å². The van der Waals surface area contributed by atoms with Gasteiger partial charge in [0.05, 0.1) is 12.9 Å². The van der Waals surface area contributed by atoms with Crippen molar-refractivity contribution in [1.29, 1.82) is 0 Å². The first kappa shape index (κ1) is 45.4. The Morgan fingerprint density at radius 1 is 0.683 bits per heavy atom. The van der Waals surface area contributed by atoms with E-state index in [1.807, 2.05) is 30.3 Å². The van der Waals surface area contributed by atoms with Crippen LogP contribution in [-0.2, 0) is 33.6 Å². The van der Waals surface area contributed by atoms with E-state index in [4.69, 9.17) is 4.74 Å². The number of nitrogens with zero attached hydrogens (tertiary/aromatic N) is 1. The number of hydrogen-bond acceptors (Lipinski definition) is 7. The van der Waals surface area contributed by atoms with Crippen LogP contribution in [0.25, 0.3) is 0 Å². The number of aromatic nitrogens is 2. The standard InChI is InChI=1S/C48H64N6O6/c1-2-3-4-5-6-7-8-9-16-29-60-41-27-23-37(24-28-41)45(56)52-44(32-39-33-49-34-50-39)48(59)54-43(31-36-21-25-40(55)26-22-36)47(58)53-42(30-35-17-12-10-13-18-35)46(57)51-38-19-14-11-15-20-38/h10,12-13,17-18,21-28,33-34,38,42-44,55H,2-9,11,14-16,19-20,29-32H2,1H3,(H,49,50)(H,51,57)(H,52,56)(H,53,58)(H,54,59)/t42-,43-,44-/m0/s1. The summed E-state index contributed by atoms with van der Waals surface area (Å²) < 4.78 is 5.94. The SMILES string of the molecule is CCCCCCCCCCCOc1ccc(C(=O)N[C@@H](Cc2cnc[nH]2)C(=O)N[C@@H](Cc2ccc(O)cc2)C(=O)N[C@@H](Cc2ccccc2)C(=O)NC2CCCCC2)cc1. The molecule has 0 spiro atoms. The first-order chi connectivity index (χ1) is 29.3. The quantitative estimate of drug-likeness (QED) is 0.0382. The lowest BCUT2D eigenvalue weighted by Gasteiger charge is -2.28. The summed E-state index contributed by atoms with van der Waals surface area (Å²) in [5.41, 5.74) is 2.51. The summed E-state index contributed by atoms with van der Waals surface area (Å²) >= 11 is 0. The van der Waals surface area contributed by atoms with Gasteiger partial charge in [0.1, 0.15) is 29.6 Å². The lowest BCUT2D eigenvalue weighted by molar-refractivity contribution is -0.132.